The van der Waals surface area contributed by atoms with E-state index in [0.717, 1.165) is 15.9 Å². The summed E-state index contributed by atoms with van der Waals surface area (Å²) >= 11 is 5.25. The van der Waals surface area contributed by atoms with E-state index in [9.17, 15) is 0 Å². The molecule has 0 aliphatic heterocycles. The van der Waals surface area contributed by atoms with Crippen molar-refractivity contribution >= 4 is 27.7 Å². The smallest absolute Gasteiger partial charge is 0.0963 e. The number of hydrogen-bond acceptors (Lipinski definition) is 3. The van der Waals surface area contributed by atoms with Gasteiger partial charge in [0.1, 0.15) is 0 Å². The lowest BCUT2D eigenvalue weighted by atomic mass is 10.1. The van der Waals surface area contributed by atoms with E-state index in [-0.39, 0.29) is 0 Å². The van der Waals surface area contributed by atoms with Gasteiger partial charge in [-0.25, -0.2) is 4.98 Å². The zero-order valence-electron chi connectivity index (χ0n) is 8.69. The molecule has 1 saturated carbocycles. The van der Waals surface area contributed by atoms with Gasteiger partial charge in [-0.05, 0) is 46.8 Å². The van der Waals surface area contributed by atoms with Crippen molar-refractivity contribution in [1.82, 2.24) is 4.98 Å². The lowest BCUT2D eigenvalue weighted by Gasteiger charge is -2.16. The zero-order chi connectivity index (χ0) is 10.8. The summed E-state index contributed by atoms with van der Waals surface area (Å²) in [6.07, 6.45) is 4.21. The van der Waals surface area contributed by atoms with Gasteiger partial charge in [-0.2, -0.15) is 0 Å². The van der Waals surface area contributed by atoms with Crippen molar-refractivity contribution in [3.05, 3.63) is 22.8 Å². The number of nitrogens with two attached hydrogens (primary N) is 1. The highest BCUT2D eigenvalue weighted by molar-refractivity contribution is 9.10. The van der Waals surface area contributed by atoms with Gasteiger partial charge in [0.25, 0.3) is 0 Å². The molecule has 2 rings (SSSR count). The molecule has 1 heterocycles. The number of halogens is 1. The highest BCUT2D eigenvalue weighted by Gasteiger charge is 2.30. The third-order valence-corrected chi connectivity index (χ3v) is 4.94. The average Bonchev–Trinajstić information content (AvgIpc) is 2.53. The molecule has 0 spiro atoms. The Morgan fingerprint density at radius 1 is 1.47 bits per heavy atom. The fourth-order valence-electron chi connectivity index (χ4n) is 1.91. The molecule has 15 heavy (non-hydrogen) atoms. The number of rotatable bonds is 2. The van der Waals surface area contributed by atoms with Crippen molar-refractivity contribution in [3.63, 3.8) is 0 Å². The predicted octanol–water partition coefficient (Wildman–Crippen LogP) is 3.06. The van der Waals surface area contributed by atoms with Crippen LogP contribution < -0.4 is 5.73 Å². The van der Waals surface area contributed by atoms with E-state index in [1.54, 1.807) is 0 Å². The maximum atomic E-state index is 6.01. The molecule has 2 N–H and O–H groups in total. The Balaban J connectivity index is 2.00. The molecule has 1 aromatic rings. The van der Waals surface area contributed by atoms with Gasteiger partial charge in [-0.3, -0.25) is 0 Å². The second kappa shape index (κ2) is 4.85. The van der Waals surface area contributed by atoms with Crippen LogP contribution in [0.25, 0.3) is 0 Å². The van der Waals surface area contributed by atoms with Crippen molar-refractivity contribution < 1.29 is 0 Å². The van der Waals surface area contributed by atoms with Gasteiger partial charge in [0, 0.05) is 22.0 Å². The summed E-state index contributed by atoms with van der Waals surface area (Å²) in [6.45, 7) is 2.24. The quantitative estimate of drug-likeness (QED) is 0.908. The van der Waals surface area contributed by atoms with Crippen LogP contribution in [0.15, 0.2) is 27.8 Å². The van der Waals surface area contributed by atoms with Gasteiger partial charge < -0.3 is 5.73 Å². The van der Waals surface area contributed by atoms with E-state index in [2.05, 4.69) is 33.9 Å². The summed E-state index contributed by atoms with van der Waals surface area (Å²) in [6, 6.07) is 4.47. The maximum absolute atomic E-state index is 6.01. The van der Waals surface area contributed by atoms with E-state index in [4.69, 9.17) is 5.73 Å². The standard InChI is InChI=1S/C11H15BrN2S/c1-7-9(13)3-4-10(7)15-11-5-2-8(12)6-14-11/h2,5-7,9-10H,3-4,13H2,1H3. The third kappa shape index (κ3) is 2.74. The Bertz CT molecular complexity index is 328. The van der Waals surface area contributed by atoms with Gasteiger partial charge >= 0.3 is 0 Å². The summed E-state index contributed by atoms with van der Waals surface area (Å²) in [7, 11) is 0. The van der Waals surface area contributed by atoms with E-state index in [1.807, 2.05) is 24.0 Å². The van der Waals surface area contributed by atoms with Crippen LogP contribution in [-0.4, -0.2) is 16.3 Å². The Morgan fingerprint density at radius 2 is 2.27 bits per heavy atom. The summed E-state index contributed by atoms with van der Waals surface area (Å²) < 4.78 is 1.03. The molecule has 0 bridgehead atoms. The molecule has 82 valence electrons. The molecule has 2 nitrogen and oxygen atoms in total. The molecule has 1 aliphatic rings. The van der Waals surface area contributed by atoms with Crippen molar-refractivity contribution in [1.29, 1.82) is 0 Å². The first-order chi connectivity index (χ1) is 7.16. The van der Waals surface area contributed by atoms with Crippen LogP contribution >= 0.6 is 27.7 Å². The van der Waals surface area contributed by atoms with Crippen molar-refractivity contribution in [2.24, 2.45) is 11.7 Å². The van der Waals surface area contributed by atoms with Crippen molar-refractivity contribution in [2.45, 2.75) is 36.1 Å². The van der Waals surface area contributed by atoms with Gasteiger partial charge in [0.15, 0.2) is 0 Å². The summed E-state index contributed by atoms with van der Waals surface area (Å²) in [5, 5.41) is 1.73. The second-order valence-electron chi connectivity index (χ2n) is 4.07. The normalized spacial score (nSPS) is 30.7. The zero-order valence-corrected chi connectivity index (χ0v) is 11.1. The van der Waals surface area contributed by atoms with Crippen LogP contribution in [0.4, 0.5) is 0 Å². The van der Waals surface area contributed by atoms with Gasteiger partial charge in [-0.1, -0.05) is 6.92 Å². The predicted molar refractivity (Wildman–Crippen MR) is 68.0 cm³/mol. The van der Waals surface area contributed by atoms with Crippen molar-refractivity contribution in [2.75, 3.05) is 0 Å². The van der Waals surface area contributed by atoms with Crippen LogP contribution in [-0.2, 0) is 0 Å². The molecule has 3 atom stereocenters. The SMILES string of the molecule is CC1C(N)CCC1Sc1ccc(Br)cn1. The lowest BCUT2D eigenvalue weighted by Crippen LogP contribution is -2.26. The molecule has 0 amide bonds. The third-order valence-electron chi connectivity index (χ3n) is 3.02. The van der Waals surface area contributed by atoms with Gasteiger partial charge in [-0.15, -0.1) is 11.8 Å². The molecule has 3 unspecified atom stereocenters. The first-order valence-corrected chi connectivity index (χ1v) is 6.88. The lowest BCUT2D eigenvalue weighted by molar-refractivity contribution is 0.535. The first-order valence-electron chi connectivity index (χ1n) is 5.20. The Morgan fingerprint density at radius 3 is 2.80 bits per heavy atom. The summed E-state index contributed by atoms with van der Waals surface area (Å²) in [5.74, 6) is 0.598. The van der Waals surface area contributed by atoms with Crippen LogP contribution in [0.3, 0.4) is 0 Å². The van der Waals surface area contributed by atoms with Crippen LogP contribution in [0, 0.1) is 5.92 Å². The van der Waals surface area contributed by atoms with E-state index < -0.39 is 0 Å². The molecular formula is C11H15BrN2S. The fraction of sp³-hybridized carbons (Fsp3) is 0.545. The second-order valence-corrected chi connectivity index (χ2v) is 6.25. The molecule has 1 aliphatic carbocycles. The van der Waals surface area contributed by atoms with Gasteiger partial charge in [0.2, 0.25) is 0 Å². The minimum absolute atomic E-state index is 0.373. The largest absolute Gasteiger partial charge is 0.327 e. The van der Waals surface area contributed by atoms with Crippen LogP contribution in [0.5, 0.6) is 0 Å². The summed E-state index contributed by atoms with van der Waals surface area (Å²) in [5.41, 5.74) is 6.01. The summed E-state index contributed by atoms with van der Waals surface area (Å²) in [4.78, 5) is 4.38. The molecule has 4 heteroatoms. The molecular weight excluding hydrogens is 272 g/mol. The fourth-order valence-corrected chi connectivity index (χ4v) is 3.39. The first kappa shape index (κ1) is 11.4. The Hall–Kier alpha value is -0.0600. The maximum Gasteiger partial charge on any atom is 0.0963 e. The number of hydrogen-bond donors (Lipinski definition) is 1. The van der Waals surface area contributed by atoms with E-state index >= 15 is 0 Å². The monoisotopic (exact) mass is 286 g/mol. The molecule has 0 aromatic carbocycles. The van der Waals surface area contributed by atoms with Gasteiger partial charge in [0.05, 0.1) is 5.03 Å². The van der Waals surface area contributed by atoms with E-state index in [1.165, 1.54) is 6.42 Å². The average molecular weight is 287 g/mol. The Labute approximate surface area is 103 Å². The Kier molecular flexibility index (Phi) is 3.69. The van der Waals surface area contributed by atoms with Crippen molar-refractivity contribution in [3.8, 4) is 0 Å². The van der Waals surface area contributed by atoms with Crippen LogP contribution in [0.2, 0.25) is 0 Å². The molecule has 1 aromatic heterocycles. The molecule has 1 fully saturated rings. The number of nitrogens with zero attached hydrogens (tertiary/aromatic N) is 1. The molecule has 0 saturated heterocycles. The van der Waals surface area contributed by atoms with Crippen LogP contribution in [0.1, 0.15) is 19.8 Å². The number of pyridine rings is 1. The highest BCUT2D eigenvalue weighted by atomic mass is 79.9. The minimum Gasteiger partial charge on any atom is -0.327 e. The topological polar surface area (TPSA) is 38.9 Å². The van der Waals surface area contributed by atoms with E-state index in [0.29, 0.717) is 17.2 Å². The minimum atomic E-state index is 0.373. The highest BCUT2D eigenvalue weighted by Crippen LogP contribution is 2.37. The number of thioether (sulfide) groups is 1. The molecule has 0 radical (unpaired) electrons. The number of aromatic nitrogens is 1.